The first-order chi connectivity index (χ1) is 6.45. The first-order valence-corrected chi connectivity index (χ1v) is 5.58. The highest BCUT2D eigenvalue weighted by Crippen LogP contribution is 2.24. The van der Waals surface area contributed by atoms with Gasteiger partial charge in [-0.05, 0) is 25.7 Å². The van der Waals surface area contributed by atoms with Crippen molar-refractivity contribution in [2.45, 2.75) is 63.6 Å². The van der Waals surface area contributed by atoms with E-state index in [1.165, 1.54) is 51.4 Å². The Morgan fingerprint density at radius 3 is 1.46 bits per heavy atom. The van der Waals surface area contributed by atoms with Crippen molar-refractivity contribution in [2.75, 3.05) is 0 Å². The zero-order chi connectivity index (χ0) is 8.93. The van der Waals surface area contributed by atoms with Crippen LogP contribution in [0.15, 0.2) is 0 Å². The summed E-state index contributed by atoms with van der Waals surface area (Å²) in [5, 5.41) is 0. The molecule has 2 fully saturated rings. The van der Waals surface area contributed by atoms with E-state index in [1.807, 2.05) is 0 Å². The zero-order valence-electron chi connectivity index (χ0n) is 8.21. The van der Waals surface area contributed by atoms with E-state index in [4.69, 9.17) is 9.47 Å². The standard InChI is InChI=1S/C11H19O2/c1-2-6-10(5-1)12-9-13-11-7-3-4-8-11/h9-11H,1-8H2. The molecule has 2 heteroatoms. The minimum Gasteiger partial charge on any atom is -0.345 e. The molecule has 2 aliphatic carbocycles. The van der Waals surface area contributed by atoms with Crippen molar-refractivity contribution in [1.29, 1.82) is 0 Å². The number of rotatable bonds is 4. The van der Waals surface area contributed by atoms with Crippen LogP contribution in [0.4, 0.5) is 0 Å². The maximum Gasteiger partial charge on any atom is 0.209 e. The van der Waals surface area contributed by atoms with Gasteiger partial charge in [-0.1, -0.05) is 25.7 Å². The van der Waals surface area contributed by atoms with Crippen molar-refractivity contribution in [1.82, 2.24) is 0 Å². The van der Waals surface area contributed by atoms with Gasteiger partial charge in [0.2, 0.25) is 6.79 Å². The second kappa shape index (κ2) is 4.97. The molecular weight excluding hydrogens is 164 g/mol. The molecule has 2 nitrogen and oxygen atoms in total. The Morgan fingerprint density at radius 2 is 1.08 bits per heavy atom. The van der Waals surface area contributed by atoms with Crippen LogP contribution in [0.2, 0.25) is 0 Å². The van der Waals surface area contributed by atoms with E-state index >= 15 is 0 Å². The zero-order valence-corrected chi connectivity index (χ0v) is 8.21. The largest absolute Gasteiger partial charge is 0.345 e. The van der Waals surface area contributed by atoms with Crippen molar-refractivity contribution in [2.24, 2.45) is 0 Å². The molecule has 2 rings (SSSR count). The highest BCUT2D eigenvalue weighted by molar-refractivity contribution is 4.69. The molecule has 0 saturated heterocycles. The first kappa shape index (κ1) is 9.47. The molecule has 0 bridgehead atoms. The van der Waals surface area contributed by atoms with Gasteiger partial charge in [0, 0.05) is 0 Å². The van der Waals surface area contributed by atoms with E-state index in [9.17, 15) is 0 Å². The maximum absolute atomic E-state index is 5.52. The molecule has 0 aromatic carbocycles. The Hall–Kier alpha value is -0.0800. The lowest BCUT2D eigenvalue weighted by Gasteiger charge is -2.13. The SMILES string of the molecule is [CH](OC1CCCC1)OC1CCCC1. The Labute approximate surface area is 80.6 Å². The van der Waals surface area contributed by atoms with Gasteiger partial charge in [-0.15, -0.1) is 0 Å². The Balaban J connectivity index is 1.52. The van der Waals surface area contributed by atoms with Crippen molar-refractivity contribution < 1.29 is 9.47 Å². The summed E-state index contributed by atoms with van der Waals surface area (Å²) >= 11 is 0. The fourth-order valence-corrected chi connectivity index (χ4v) is 2.24. The van der Waals surface area contributed by atoms with E-state index in [0.29, 0.717) is 12.2 Å². The third-order valence-corrected chi connectivity index (χ3v) is 3.10. The Morgan fingerprint density at radius 1 is 0.692 bits per heavy atom. The molecule has 0 amide bonds. The quantitative estimate of drug-likeness (QED) is 0.667. The van der Waals surface area contributed by atoms with Crippen LogP contribution < -0.4 is 0 Å². The van der Waals surface area contributed by atoms with Gasteiger partial charge in [-0.3, -0.25) is 0 Å². The lowest BCUT2D eigenvalue weighted by atomic mass is 10.3. The van der Waals surface area contributed by atoms with Gasteiger partial charge in [0.15, 0.2) is 0 Å². The van der Waals surface area contributed by atoms with Crippen LogP contribution in [0.5, 0.6) is 0 Å². The third kappa shape index (κ3) is 2.96. The normalized spacial score (nSPS) is 25.8. The van der Waals surface area contributed by atoms with Gasteiger partial charge in [-0.25, -0.2) is 0 Å². The van der Waals surface area contributed by atoms with E-state index in [-0.39, 0.29) is 0 Å². The van der Waals surface area contributed by atoms with Crippen LogP contribution in [0, 0.1) is 6.79 Å². The molecule has 0 aliphatic heterocycles. The minimum absolute atomic E-state index is 0.446. The predicted octanol–water partition coefficient (Wildman–Crippen LogP) is 3.02. The van der Waals surface area contributed by atoms with Gasteiger partial charge in [-0.2, -0.15) is 0 Å². The van der Waals surface area contributed by atoms with Gasteiger partial charge >= 0.3 is 0 Å². The monoisotopic (exact) mass is 183 g/mol. The van der Waals surface area contributed by atoms with Crippen LogP contribution in [0.1, 0.15) is 51.4 Å². The fourth-order valence-electron chi connectivity index (χ4n) is 2.24. The maximum atomic E-state index is 5.52. The van der Waals surface area contributed by atoms with Gasteiger partial charge in [0.25, 0.3) is 0 Å². The molecular formula is C11H19O2. The number of ether oxygens (including phenoxy) is 2. The number of hydrogen-bond acceptors (Lipinski definition) is 2. The van der Waals surface area contributed by atoms with Crippen LogP contribution in [-0.4, -0.2) is 12.2 Å². The molecule has 0 N–H and O–H groups in total. The lowest BCUT2D eigenvalue weighted by molar-refractivity contribution is -0.0480. The second-order valence-corrected chi connectivity index (χ2v) is 4.18. The second-order valence-electron chi connectivity index (χ2n) is 4.18. The van der Waals surface area contributed by atoms with Crippen LogP contribution in [-0.2, 0) is 9.47 Å². The fraction of sp³-hybridized carbons (Fsp3) is 0.909. The molecule has 2 aliphatic rings. The molecule has 0 aromatic heterocycles. The molecule has 13 heavy (non-hydrogen) atoms. The van der Waals surface area contributed by atoms with Gasteiger partial charge in [0.05, 0.1) is 12.2 Å². The van der Waals surface area contributed by atoms with E-state index in [2.05, 4.69) is 0 Å². The van der Waals surface area contributed by atoms with Crippen LogP contribution in [0.25, 0.3) is 0 Å². The first-order valence-electron chi connectivity index (χ1n) is 5.58. The summed E-state index contributed by atoms with van der Waals surface area (Å²) in [5.41, 5.74) is 0. The summed E-state index contributed by atoms with van der Waals surface area (Å²) in [6, 6.07) is 0. The van der Waals surface area contributed by atoms with E-state index in [0.717, 1.165) is 0 Å². The summed E-state index contributed by atoms with van der Waals surface area (Å²) in [5.74, 6) is 0. The molecule has 75 valence electrons. The average molecular weight is 183 g/mol. The molecule has 0 aromatic rings. The molecule has 1 radical (unpaired) electrons. The molecule has 0 heterocycles. The lowest BCUT2D eigenvalue weighted by Crippen LogP contribution is -2.11. The molecule has 0 atom stereocenters. The van der Waals surface area contributed by atoms with Crippen LogP contribution >= 0.6 is 0 Å². The van der Waals surface area contributed by atoms with Crippen molar-refractivity contribution >= 4 is 0 Å². The molecule has 2 saturated carbocycles. The highest BCUT2D eigenvalue weighted by Gasteiger charge is 2.18. The molecule has 0 spiro atoms. The summed E-state index contributed by atoms with van der Waals surface area (Å²) in [6.45, 7) is 1.60. The Kier molecular flexibility index (Phi) is 3.62. The van der Waals surface area contributed by atoms with Crippen molar-refractivity contribution in [3.8, 4) is 0 Å². The smallest absolute Gasteiger partial charge is 0.209 e. The van der Waals surface area contributed by atoms with Crippen LogP contribution in [0.3, 0.4) is 0 Å². The molecule has 0 unspecified atom stereocenters. The topological polar surface area (TPSA) is 18.5 Å². The van der Waals surface area contributed by atoms with Crippen molar-refractivity contribution in [3.63, 3.8) is 0 Å². The van der Waals surface area contributed by atoms with Gasteiger partial charge < -0.3 is 9.47 Å². The average Bonchev–Trinajstić information content (AvgIpc) is 2.75. The minimum atomic E-state index is 0.446. The summed E-state index contributed by atoms with van der Waals surface area (Å²) < 4.78 is 11.0. The summed E-state index contributed by atoms with van der Waals surface area (Å²) in [7, 11) is 0. The van der Waals surface area contributed by atoms with E-state index < -0.39 is 0 Å². The summed E-state index contributed by atoms with van der Waals surface area (Å²) in [6.07, 6.45) is 11.0. The summed E-state index contributed by atoms with van der Waals surface area (Å²) in [4.78, 5) is 0. The Bertz CT molecular complexity index is 119. The van der Waals surface area contributed by atoms with Gasteiger partial charge in [0.1, 0.15) is 0 Å². The number of hydrogen-bond donors (Lipinski definition) is 0. The van der Waals surface area contributed by atoms with E-state index in [1.54, 1.807) is 6.79 Å². The van der Waals surface area contributed by atoms with Crippen molar-refractivity contribution in [3.05, 3.63) is 6.79 Å². The third-order valence-electron chi connectivity index (χ3n) is 3.10. The highest BCUT2D eigenvalue weighted by atomic mass is 16.7. The predicted molar refractivity (Wildman–Crippen MR) is 51.0 cm³/mol.